The molecule has 1 unspecified atom stereocenters. The third-order valence-electron chi connectivity index (χ3n) is 5.14. The Hall–Kier alpha value is -2.84. The summed E-state index contributed by atoms with van der Waals surface area (Å²) >= 11 is 0. The number of rotatable bonds is 6. The van der Waals surface area contributed by atoms with Crippen LogP contribution in [0.2, 0.25) is 0 Å². The van der Waals surface area contributed by atoms with Crippen LogP contribution in [0.5, 0.6) is 5.75 Å². The lowest BCUT2D eigenvalue weighted by molar-refractivity contribution is -0.132. The first kappa shape index (κ1) is 19.9. The highest BCUT2D eigenvalue weighted by Gasteiger charge is 2.27. The van der Waals surface area contributed by atoms with Crippen LogP contribution in [0.4, 0.5) is 0 Å². The maximum absolute atomic E-state index is 12.6. The minimum absolute atomic E-state index is 0.132. The topological polar surface area (TPSA) is 56.6 Å². The van der Waals surface area contributed by atoms with E-state index < -0.39 is 0 Å². The molecule has 1 heterocycles. The summed E-state index contributed by atoms with van der Waals surface area (Å²) in [5.74, 6) is 0.957. The van der Waals surface area contributed by atoms with Gasteiger partial charge in [-0.05, 0) is 37.1 Å². The maximum atomic E-state index is 12.6. The molecule has 5 heteroatoms. The van der Waals surface area contributed by atoms with Crippen LogP contribution in [-0.2, 0) is 11.2 Å². The average molecular weight is 377 g/mol. The molecule has 146 valence electrons. The highest BCUT2D eigenvalue weighted by Crippen LogP contribution is 2.22. The molecule has 28 heavy (non-hydrogen) atoms. The molecule has 0 saturated carbocycles. The number of piperazine rings is 1. The van der Waals surface area contributed by atoms with Gasteiger partial charge in [-0.1, -0.05) is 42.0 Å². The number of carbonyl (C=O) groups excluding carboxylic acids is 1. The molecule has 0 aliphatic carbocycles. The van der Waals surface area contributed by atoms with Gasteiger partial charge >= 0.3 is 0 Å². The second-order valence-corrected chi connectivity index (χ2v) is 7.11. The molecule has 1 fully saturated rings. The number of nitriles is 1. The van der Waals surface area contributed by atoms with Gasteiger partial charge in [0.05, 0.1) is 19.1 Å². The lowest BCUT2D eigenvalue weighted by Gasteiger charge is -2.37. The quantitative estimate of drug-likeness (QED) is 0.775. The van der Waals surface area contributed by atoms with E-state index in [-0.39, 0.29) is 11.9 Å². The minimum atomic E-state index is -0.260. The van der Waals surface area contributed by atoms with Crippen LogP contribution in [0, 0.1) is 18.3 Å². The van der Waals surface area contributed by atoms with E-state index in [1.807, 2.05) is 67.3 Å². The fraction of sp³-hybridized carbons (Fsp3) is 0.391. The molecule has 0 N–H and O–H groups in total. The van der Waals surface area contributed by atoms with E-state index >= 15 is 0 Å². The number of aryl methyl sites for hydroxylation is 1. The van der Waals surface area contributed by atoms with Crippen LogP contribution in [0.3, 0.4) is 0 Å². The van der Waals surface area contributed by atoms with Crippen molar-refractivity contribution in [3.63, 3.8) is 0 Å². The van der Waals surface area contributed by atoms with E-state index in [9.17, 15) is 10.1 Å². The van der Waals surface area contributed by atoms with Gasteiger partial charge in [0, 0.05) is 26.2 Å². The summed E-state index contributed by atoms with van der Waals surface area (Å²) in [5, 5.41) is 9.65. The molecular formula is C23H27N3O2. The van der Waals surface area contributed by atoms with E-state index in [4.69, 9.17) is 4.74 Å². The number of hydrogen-bond acceptors (Lipinski definition) is 4. The van der Waals surface area contributed by atoms with Crippen molar-refractivity contribution in [2.75, 3.05) is 32.8 Å². The summed E-state index contributed by atoms with van der Waals surface area (Å²) < 4.78 is 5.44. The van der Waals surface area contributed by atoms with Crippen LogP contribution < -0.4 is 4.74 Å². The van der Waals surface area contributed by atoms with Crippen molar-refractivity contribution in [1.82, 2.24) is 9.80 Å². The van der Waals surface area contributed by atoms with E-state index in [2.05, 4.69) is 11.0 Å². The third kappa shape index (κ3) is 4.90. The first-order valence-corrected chi connectivity index (χ1v) is 9.80. The fourth-order valence-corrected chi connectivity index (χ4v) is 3.50. The Morgan fingerprint density at radius 3 is 2.29 bits per heavy atom. The average Bonchev–Trinajstić information content (AvgIpc) is 2.72. The summed E-state index contributed by atoms with van der Waals surface area (Å²) in [6, 6.07) is 18.0. The number of ether oxygens (including phenoxy) is 1. The standard InChI is InChI=1S/C23H27N3O2/c1-3-28-21-10-6-19(7-11-21)16-23(27)26-14-12-25(13-15-26)22(17-24)20-8-4-18(2)5-9-20/h4-11,22H,3,12-16H2,1-2H3. The Morgan fingerprint density at radius 1 is 1.07 bits per heavy atom. The van der Waals surface area contributed by atoms with Crippen molar-refractivity contribution in [3.8, 4) is 11.8 Å². The monoisotopic (exact) mass is 377 g/mol. The predicted molar refractivity (Wildman–Crippen MR) is 109 cm³/mol. The lowest BCUT2D eigenvalue weighted by atomic mass is 10.0. The van der Waals surface area contributed by atoms with Gasteiger partial charge in [-0.2, -0.15) is 5.26 Å². The van der Waals surface area contributed by atoms with Gasteiger partial charge in [-0.3, -0.25) is 9.69 Å². The van der Waals surface area contributed by atoms with Crippen molar-refractivity contribution in [3.05, 3.63) is 65.2 Å². The Labute approximate surface area is 167 Å². The molecule has 2 aromatic carbocycles. The normalized spacial score (nSPS) is 15.7. The van der Waals surface area contributed by atoms with Crippen LogP contribution in [-0.4, -0.2) is 48.5 Å². The summed E-state index contributed by atoms with van der Waals surface area (Å²) in [4.78, 5) is 16.7. The van der Waals surface area contributed by atoms with Crippen molar-refractivity contribution in [1.29, 1.82) is 5.26 Å². The minimum Gasteiger partial charge on any atom is -0.494 e. The number of hydrogen-bond donors (Lipinski definition) is 0. The predicted octanol–water partition coefficient (Wildman–Crippen LogP) is 3.35. The molecule has 0 radical (unpaired) electrons. The van der Waals surface area contributed by atoms with Crippen molar-refractivity contribution in [2.45, 2.75) is 26.3 Å². The molecule has 3 rings (SSSR count). The van der Waals surface area contributed by atoms with Gasteiger partial charge in [0.15, 0.2) is 0 Å². The molecule has 1 aliphatic rings. The molecule has 1 atom stereocenters. The number of carbonyl (C=O) groups is 1. The lowest BCUT2D eigenvalue weighted by Crippen LogP contribution is -2.49. The second-order valence-electron chi connectivity index (χ2n) is 7.11. The fourth-order valence-electron chi connectivity index (χ4n) is 3.50. The van der Waals surface area contributed by atoms with Crippen LogP contribution >= 0.6 is 0 Å². The van der Waals surface area contributed by atoms with E-state index in [0.29, 0.717) is 39.2 Å². The molecule has 1 aliphatic heterocycles. The summed E-state index contributed by atoms with van der Waals surface area (Å²) in [6.07, 6.45) is 0.395. The molecule has 0 bridgehead atoms. The number of benzene rings is 2. The Bertz CT molecular complexity index is 816. The number of nitrogens with zero attached hydrogens (tertiary/aromatic N) is 3. The molecule has 2 aromatic rings. The van der Waals surface area contributed by atoms with Gasteiger partial charge in [0.1, 0.15) is 11.8 Å². The first-order chi connectivity index (χ1) is 13.6. The zero-order valence-corrected chi connectivity index (χ0v) is 16.6. The van der Waals surface area contributed by atoms with E-state index in [1.165, 1.54) is 5.56 Å². The molecule has 0 aromatic heterocycles. The molecule has 5 nitrogen and oxygen atoms in total. The summed E-state index contributed by atoms with van der Waals surface area (Å²) in [7, 11) is 0. The molecule has 0 spiro atoms. The van der Waals surface area contributed by atoms with Crippen LogP contribution in [0.15, 0.2) is 48.5 Å². The molecule has 1 amide bonds. The van der Waals surface area contributed by atoms with Gasteiger partial charge in [-0.25, -0.2) is 0 Å². The highest BCUT2D eigenvalue weighted by molar-refractivity contribution is 5.79. The van der Waals surface area contributed by atoms with Gasteiger partial charge < -0.3 is 9.64 Å². The first-order valence-electron chi connectivity index (χ1n) is 9.80. The largest absolute Gasteiger partial charge is 0.494 e. The maximum Gasteiger partial charge on any atom is 0.227 e. The third-order valence-corrected chi connectivity index (χ3v) is 5.14. The molecular weight excluding hydrogens is 350 g/mol. The van der Waals surface area contributed by atoms with Crippen molar-refractivity contribution in [2.24, 2.45) is 0 Å². The van der Waals surface area contributed by atoms with Crippen molar-refractivity contribution < 1.29 is 9.53 Å². The summed E-state index contributed by atoms with van der Waals surface area (Å²) in [6.45, 7) is 7.35. The second kappa shape index (κ2) is 9.38. The smallest absolute Gasteiger partial charge is 0.227 e. The van der Waals surface area contributed by atoms with Crippen molar-refractivity contribution >= 4 is 5.91 Å². The van der Waals surface area contributed by atoms with Crippen LogP contribution in [0.1, 0.15) is 29.7 Å². The van der Waals surface area contributed by atoms with Gasteiger partial charge in [0.2, 0.25) is 5.91 Å². The summed E-state index contributed by atoms with van der Waals surface area (Å²) in [5.41, 5.74) is 3.19. The van der Waals surface area contributed by atoms with E-state index in [0.717, 1.165) is 16.9 Å². The Morgan fingerprint density at radius 2 is 1.71 bits per heavy atom. The van der Waals surface area contributed by atoms with Crippen LogP contribution in [0.25, 0.3) is 0 Å². The Kier molecular flexibility index (Phi) is 6.67. The van der Waals surface area contributed by atoms with Gasteiger partial charge in [-0.15, -0.1) is 0 Å². The zero-order valence-electron chi connectivity index (χ0n) is 16.6. The zero-order chi connectivity index (χ0) is 19.9. The van der Waals surface area contributed by atoms with E-state index in [1.54, 1.807) is 0 Å². The Balaban J connectivity index is 1.54. The SMILES string of the molecule is CCOc1ccc(CC(=O)N2CCN(C(C#N)c3ccc(C)cc3)CC2)cc1. The number of amides is 1. The molecule has 1 saturated heterocycles. The van der Waals surface area contributed by atoms with Gasteiger partial charge in [0.25, 0.3) is 0 Å². The highest BCUT2D eigenvalue weighted by atomic mass is 16.5.